The smallest absolute Gasteiger partial charge is 0.184 e. The van der Waals surface area contributed by atoms with Gasteiger partial charge in [0.15, 0.2) is 9.84 Å². The Balaban J connectivity index is 2.03. The molecule has 6 heteroatoms. The number of halogens is 1. The van der Waals surface area contributed by atoms with Crippen LogP contribution in [0.4, 0.5) is 4.39 Å². The van der Waals surface area contributed by atoms with Crippen molar-refractivity contribution in [1.29, 1.82) is 5.26 Å². The zero-order chi connectivity index (χ0) is 16.8. The zero-order valence-electron chi connectivity index (χ0n) is 12.4. The van der Waals surface area contributed by atoms with Crippen molar-refractivity contribution in [1.82, 2.24) is 0 Å². The fourth-order valence-electron chi connectivity index (χ4n) is 2.94. The maximum atomic E-state index is 13.1. The van der Waals surface area contributed by atoms with E-state index in [2.05, 4.69) is 0 Å². The Morgan fingerprint density at radius 2 is 1.70 bits per heavy atom. The summed E-state index contributed by atoms with van der Waals surface area (Å²) < 4.78 is 38.7. The quantitative estimate of drug-likeness (QED) is 0.936. The van der Waals surface area contributed by atoms with Gasteiger partial charge < -0.3 is 5.73 Å². The van der Waals surface area contributed by atoms with E-state index in [1.54, 1.807) is 12.1 Å². The largest absolute Gasteiger partial charge is 0.312 e. The van der Waals surface area contributed by atoms with Gasteiger partial charge in [-0.05, 0) is 36.8 Å². The Bertz CT molecular complexity index is 886. The van der Waals surface area contributed by atoms with Crippen LogP contribution in [0.5, 0.6) is 0 Å². The fourth-order valence-corrected chi connectivity index (χ4v) is 5.12. The molecule has 0 aliphatic heterocycles. The molecule has 3 unspecified atom stereocenters. The first-order valence-electron chi connectivity index (χ1n) is 7.07. The standard InChI is InChI=1S/C17H15FN2O2S/c1-11-2-8-14(9-3-11)23(21,22)16-15(17(16,20)10-19)12-4-6-13(18)7-5-12/h2-9,15-16H,20H2,1H3. The summed E-state index contributed by atoms with van der Waals surface area (Å²) in [6.07, 6.45) is 0. The van der Waals surface area contributed by atoms with E-state index in [1.807, 2.05) is 13.0 Å². The van der Waals surface area contributed by atoms with E-state index in [0.717, 1.165) is 5.56 Å². The number of sulfone groups is 1. The highest BCUT2D eigenvalue weighted by Crippen LogP contribution is 2.55. The summed E-state index contributed by atoms with van der Waals surface area (Å²) in [6, 6.07) is 13.8. The molecule has 1 aliphatic carbocycles. The fraction of sp³-hybridized carbons (Fsp3) is 0.235. The van der Waals surface area contributed by atoms with Gasteiger partial charge in [0.25, 0.3) is 0 Å². The first-order chi connectivity index (χ1) is 10.8. The van der Waals surface area contributed by atoms with E-state index in [0.29, 0.717) is 5.56 Å². The highest BCUT2D eigenvalue weighted by Gasteiger charge is 2.70. The van der Waals surface area contributed by atoms with Crippen LogP contribution in [0.3, 0.4) is 0 Å². The van der Waals surface area contributed by atoms with E-state index in [-0.39, 0.29) is 4.90 Å². The molecule has 3 rings (SSSR count). The number of benzene rings is 2. The molecule has 118 valence electrons. The topological polar surface area (TPSA) is 83.9 Å². The van der Waals surface area contributed by atoms with Gasteiger partial charge in [0.05, 0.1) is 11.0 Å². The molecule has 0 heterocycles. The molecular formula is C17H15FN2O2S. The third kappa shape index (κ3) is 2.42. The maximum absolute atomic E-state index is 13.1. The molecule has 3 atom stereocenters. The summed E-state index contributed by atoms with van der Waals surface area (Å²) in [7, 11) is -3.75. The molecule has 4 nitrogen and oxygen atoms in total. The van der Waals surface area contributed by atoms with E-state index in [9.17, 15) is 18.1 Å². The van der Waals surface area contributed by atoms with Gasteiger partial charge >= 0.3 is 0 Å². The highest BCUT2D eigenvalue weighted by molar-refractivity contribution is 7.92. The van der Waals surface area contributed by atoms with Gasteiger partial charge in [-0.3, -0.25) is 0 Å². The summed E-state index contributed by atoms with van der Waals surface area (Å²) in [6.45, 7) is 1.86. The highest BCUT2D eigenvalue weighted by atomic mass is 32.2. The second kappa shape index (κ2) is 5.15. The van der Waals surface area contributed by atoms with Crippen LogP contribution in [0.15, 0.2) is 53.4 Å². The first-order valence-corrected chi connectivity index (χ1v) is 8.61. The lowest BCUT2D eigenvalue weighted by molar-refractivity contribution is 0.592. The summed E-state index contributed by atoms with van der Waals surface area (Å²) >= 11 is 0. The van der Waals surface area contributed by atoms with Crippen molar-refractivity contribution in [2.75, 3.05) is 0 Å². The Morgan fingerprint density at radius 1 is 1.13 bits per heavy atom. The number of aryl methyl sites for hydroxylation is 1. The average Bonchev–Trinajstić information content (AvgIpc) is 3.16. The van der Waals surface area contributed by atoms with Crippen LogP contribution in [0.2, 0.25) is 0 Å². The Labute approximate surface area is 134 Å². The van der Waals surface area contributed by atoms with Crippen LogP contribution in [0, 0.1) is 24.1 Å². The van der Waals surface area contributed by atoms with Gasteiger partial charge in [0.2, 0.25) is 0 Å². The Morgan fingerprint density at radius 3 is 2.22 bits per heavy atom. The van der Waals surface area contributed by atoms with Crippen molar-refractivity contribution >= 4 is 9.84 Å². The van der Waals surface area contributed by atoms with Gasteiger partial charge in [0, 0.05) is 5.92 Å². The van der Waals surface area contributed by atoms with Gasteiger partial charge in [-0.2, -0.15) is 5.26 Å². The SMILES string of the molecule is Cc1ccc(S(=O)(=O)C2C(c3ccc(F)cc3)C2(N)C#N)cc1. The summed E-state index contributed by atoms with van der Waals surface area (Å²) in [5, 5.41) is 8.33. The lowest BCUT2D eigenvalue weighted by Crippen LogP contribution is -2.29. The monoisotopic (exact) mass is 330 g/mol. The first kappa shape index (κ1) is 15.7. The number of nitrogens with zero attached hydrogens (tertiary/aromatic N) is 1. The molecule has 0 radical (unpaired) electrons. The minimum absolute atomic E-state index is 0.141. The number of hydrogen-bond donors (Lipinski definition) is 1. The summed E-state index contributed by atoms with van der Waals surface area (Å²) in [5.41, 5.74) is 6.02. The maximum Gasteiger partial charge on any atom is 0.184 e. The Hall–Kier alpha value is -2.23. The third-order valence-corrected chi connectivity index (χ3v) is 6.55. The number of nitrogens with two attached hydrogens (primary N) is 1. The van der Waals surface area contributed by atoms with Gasteiger partial charge in [-0.15, -0.1) is 0 Å². The van der Waals surface area contributed by atoms with Crippen molar-refractivity contribution in [3.05, 3.63) is 65.5 Å². The van der Waals surface area contributed by atoms with Gasteiger partial charge in [-0.25, -0.2) is 12.8 Å². The number of nitriles is 1. The molecule has 0 saturated heterocycles. The van der Waals surface area contributed by atoms with E-state index in [4.69, 9.17) is 5.73 Å². The minimum atomic E-state index is -3.75. The van der Waals surface area contributed by atoms with E-state index >= 15 is 0 Å². The van der Waals surface area contributed by atoms with Crippen molar-refractivity contribution in [2.24, 2.45) is 5.73 Å². The van der Waals surface area contributed by atoms with Crippen molar-refractivity contribution in [3.63, 3.8) is 0 Å². The second-order valence-electron chi connectivity index (χ2n) is 5.85. The van der Waals surface area contributed by atoms with Crippen molar-refractivity contribution < 1.29 is 12.8 Å². The zero-order valence-corrected chi connectivity index (χ0v) is 13.2. The van der Waals surface area contributed by atoms with Crippen LogP contribution in [0.25, 0.3) is 0 Å². The molecule has 0 spiro atoms. The average molecular weight is 330 g/mol. The predicted molar refractivity (Wildman–Crippen MR) is 83.8 cm³/mol. The molecular weight excluding hydrogens is 315 g/mol. The van der Waals surface area contributed by atoms with Gasteiger partial charge in [-0.1, -0.05) is 29.8 Å². The van der Waals surface area contributed by atoms with E-state index in [1.165, 1.54) is 36.4 Å². The molecule has 23 heavy (non-hydrogen) atoms. The van der Waals surface area contributed by atoms with Crippen LogP contribution < -0.4 is 5.73 Å². The van der Waals surface area contributed by atoms with Gasteiger partial charge in [0.1, 0.15) is 16.6 Å². The molecule has 0 bridgehead atoms. The minimum Gasteiger partial charge on any atom is -0.312 e. The Kier molecular flexibility index (Phi) is 3.51. The van der Waals surface area contributed by atoms with Crippen LogP contribution in [0.1, 0.15) is 17.0 Å². The summed E-state index contributed by atoms with van der Waals surface area (Å²) in [4.78, 5) is 0.141. The lowest BCUT2D eigenvalue weighted by Gasteiger charge is -2.05. The van der Waals surface area contributed by atoms with Crippen molar-refractivity contribution in [3.8, 4) is 6.07 Å². The van der Waals surface area contributed by atoms with Crippen LogP contribution >= 0.6 is 0 Å². The molecule has 1 fully saturated rings. The normalized spacial score (nSPS) is 26.5. The van der Waals surface area contributed by atoms with E-state index < -0.39 is 32.4 Å². The molecule has 2 aromatic carbocycles. The molecule has 0 aromatic heterocycles. The predicted octanol–water partition coefficient (Wildman–Crippen LogP) is 2.29. The molecule has 0 amide bonds. The summed E-state index contributed by atoms with van der Waals surface area (Å²) in [5.74, 6) is -1.09. The third-order valence-electron chi connectivity index (χ3n) is 4.29. The molecule has 1 aliphatic rings. The molecule has 2 N–H and O–H groups in total. The number of hydrogen-bond acceptors (Lipinski definition) is 4. The van der Waals surface area contributed by atoms with Crippen LogP contribution in [-0.2, 0) is 9.84 Å². The number of rotatable bonds is 3. The second-order valence-corrected chi connectivity index (χ2v) is 7.92. The van der Waals surface area contributed by atoms with Crippen molar-refractivity contribution in [2.45, 2.75) is 28.5 Å². The lowest BCUT2D eigenvalue weighted by atomic mass is 10.1. The molecule has 2 aromatic rings. The van der Waals surface area contributed by atoms with Crippen LogP contribution in [-0.4, -0.2) is 19.2 Å². The molecule has 1 saturated carbocycles.